The predicted molar refractivity (Wildman–Crippen MR) is 54.7 cm³/mol. The van der Waals surface area contributed by atoms with Crippen LogP contribution in [0.1, 0.15) is 39.0 Å². The topological polar surface area (TPSA) is 0 Å². The summed E-state index contributed by atoms with van der Waals surface area (Å²) in [5.41, 5.74) is 1.69. The normalized spacial score (nSPS) is 18.4. The van der Waals surface area contributed by atoms with Crippen LogP contribution in [0.15, 0.2) is 11.6 Å². The van der Waals surface area contributed by atoms with Crippen LogP contribution in [0.3, 0.4) is 0 Å². The molecule has 0 radical (unpaired) electrons. The summed E-state index contributed by atoms with van der Waals surface area (Å²) in [5.74, 6) is 0. The molecule has 1 atom stereocenters. The molecule has 0 nitrogen and oxygen atoms in total. The van der Waals surface area contributed by atoms with Crippen molar-refractivity contribution in [3.05, 3.63) is 11.6 Å². The van der Waals surface area contributed by atoms with Crippen LogP contribution in [-0.2, 0) is 0 Å². The fourth-order valence-corrected chi connectivity index (χ4v) is 2.02. The molecular formula is C9H15I. The van der Waals surface area contributed by atoms with Crippen molar-refractivity contribution in [1.82, 2.24) is 0 Å². The van der Waals surface area contributed by atoms with E-state index in [1.807, 2.05) is 0 Å². The molecule has 1 aliphatic carbocycles. The lowest BCUT2D eigenvalue weighted by atomic mass is 10.1. The fourth-order valence-electron chi connectivity index (χ4n) is 1.07. The number of hydrogen-bond donors (Lipinski definition) is 0. The summed E-state index contributed by atoms with van der Waals surface area (Å²) in [7, 11) is 0. The molecule has 58 valence electrons. The summed E-state index contributed by atoms with van der Waals surface area (Å²) in [6.07, 6.45) is 9.24. The van der Waals surface area contributed by atoms with E-state index < -0.39 is 0 Å². The molecule has 0 amide bonds. The summed E-state index contributed by atoms with van der Waals surface area (Å²) >= 11 is 2.57. The quantitative estimate of drug-likeness (QED) is 0.302. The Kier molecular flexibility index (Phi) is 3.74. The van der Waals surface area contributed by atoms with Gasteiger partial charge < -0.3 is 0 Å². The first-order valence-corrected chi connectivity index (χ1v) is 5.42. The van der Waals surface area contributed by atoms with Crippen LogP contribution >= 0.6 is 22.6 Å². The van der Waals surface area contributed by atoms with Crippen molar-refractivity contribution in [2.45, 2.75) is 43.0 Å². The molecule has 0 saturated carbocycles. The van der Waals surface area contributed by atoms with Crippen molar-refractivity contribution < 1.29 is 0 Å². The lowest BCUT2D eigenvalue weighted by Gasteiger charge is -2.03. The Morgan fingerprint density at radius 2 is 2.30 bits per heavy atom. The van der Waals surface area contributed by atoms with Gasteiger partial charge in [0.05, 0.1) is 0 Å². The first-order valence-electron chi connectivity index (χ1n) is 4.17. The first kappa shape index (κ1) is 8.57. The highest BCUT2D eigenvalue weighted by Gasteiger charge is 2.15. The van der Waals surface area contributed by atoms with Crippen LogP contribution in [0.5, 0.6) is 0 Å². The van der Waals surface area contributed by atoms with Crippen LogP contribution < -0.4 is 0 Å². The number of rotatable bonds is 5. The van der Waals surface area contributed by atoms with Crippen LogP contribution in [0.4, 0.5) is 0 Å². The summed E-state index contributed by atoms with van der Waals surface area (Å²) in [6.45, 7) is 2.26. The van der Waals surface area contributed by atoms with E-state index in [0.29, 0.717) is 0 Å². The second-order valence-electron chi connectivity index (χ2n) is 2.95. The maximum atomic E-state index is 2.57. The van der Waals surface area contributed by atoms with E-state index in [1.54, 1.807) is 5.57 Å². The SMILES string of the molecule is CCCCCC(I)C1=CC1. The number of unbranched alkanes of at least 4 members (excludes halogenated alkanes) is 2. The number of alkyl halides is 1. The fraction of sp³-hybridized carbons (Fsp3) is 0.778. The molecule has 0 saturated heterocycles. The van der Waals surface area contributed by atoms with E-state index in [1.165, 1.54) is 32.1 Å². The molecule has 0 aromatic rings. The highest BCUT2D eigenvalue weighted by molar-refractivity contribution is 14.1. The van der Waals surface area contributed by atoms with Crippen LogP contribution in [0.2, 0.25) is 0 Å². The second kappa shape index (κ2) is 4.37. The van der Waals surface area contributed by atoms with Gasteiger partial charge in [0.15, 0.2) is 0 Å². The van der Waals surface area contributed by atoms with E-state index in [-0.39, 0.29) is 0 Å². The largest absolute Gasteiger partial charge is 0.0799 e. The average molecular weight is 250 g/mol. The summed E-state index contributed by atoms with van der Waals surface area (Å²) < 4.78 is 0.865. The average Bonchev–Trinajstić information content (AvgIpc) is 2.69. The Morgan fingerprint density at radius 3 is 2.80 bits per heavy atom. The standard InChI is InChI=1S/C9H15I/c1-2-3-4-5-9(10)8-6-7-8/h6,9H,2-5,7H2,1H3. The first-order chi connectivity index (χ1) is 4.84. The van der Waals surface area contributed by atoms with E-state index in [2.05, 4.69) is 35.6 Å². The minimum atomic E-state index is 0.865. The summed E-state index contributed by atoms with van der Waals surface area (Å²) in [6, 6.07) is 0. The highest BCUT2D eigenvalue weighted by Crippen LogP contribution is 2.31. The number of hydrogen-bond acceptors (Lipinski definition) is 0. The van der Waals surface area contributed by atoms with Gasteiger partial charge in [-0.15, -0.1) is 0 Å². The van der Waals surface area contributed by atoms with Crippen molar-refractivity contribution in [3.8, 4) is 0 Å². The van der Waals surface area contributed by atoms with Gasteiger partial charge in [0, 0.05) is 3.92 Å². The van der Waals surface area contributed by atoms with Crippen molar-refractivity contribution >= 4 is 22.6 Å². The van der Waals surface area contributed by atoms with Gasteiger partial charge in [-0.1, -0.05) is 60.4 Å². The van der Waals surface area contributed by atoms with Gasteiger partial charge in [-0.25, -0.2) is 0 Å². The molecule has 0 N–H and O–H groups in total. The van der Waals surface area contributed by atoms with Gasteiger partial charge in [0.25, 0.3) is 0 Å². The lowest BCUT2D eigenvalue weighted by molar-refractivity contribution is 0.683. The van der Waals surface area contributed by atoms with Crippen molar-refractivity contribution in [1.29, 1.82) is 0 Å². The van der Waals surface area contributed by atoms with Gasteiger partial charge >= 0.3 is 0 Å². The van der Waals surface area contributed by atoms with Gasteiger partial charge in [-0.3, -0.25) is 0 Å². The maximum absolute atomic E-state index is 2.57. The molecule has 1 rings (SSSR count). The van der Waals surface area contributed by atoms with Crippen LogP contribution in [0.25, 0.3) is 0 Å². The molecule has 0 aromatic carbocycles. The predicted octanol–water partition coefficient (Wildman–Crippen LogP) is 3.70. The Morgan fingerprint density at radius 1 is 1.60 bits per heavy atom. The van der Waals surface area contributed by atoms with Crippen molar-refractivity contribution in [3.63, 3.8) is 0 Å². The zero-order valence-electron chi connectivity index (χ0n) is 6.57. The highest BCUT2D eigenvalue weighted by atomic mass is 127. The molecule has 1 aliphatic rings. The molecule has 1 unspecified atom stereocenters. The number of allylic oxidation sites excluding steroid dienone is 2. The van der Waals surface area contributed by atoms with Crippen LogP contribution in [-0.4, -0.2) is 3.92 Å². The molecule has 10 heavy (non-hydrogen) atoms. The minimum Gasteiger partial charge on any atom is -0.0799 e. The van der Waals surface area contributed by atoms with Crippen molar-refractivity contribution in [2.24, 2.45) is 0 Å². The summed E-state index contributed by atoms with van der Waals surface area (Å²) in [5, 5.41) is 0. The molecule has 0 bridgehead atoms. The Bertz CT molecular complexity index is 127. The zero-order chi connectivity index (χ0) is 7.40. The molecule has 0 heterocycles. The van der Waals surface area contributed by atoms with E-state index in [9.17, 15) is 0 Å². The molecular weight excluding hydrogens is 235 g/mol. The maximum Gasteiger partial charge on any atom is 0.0321 e. The molecule has 1 heteroatoms. The monoisotopic (exact) mass is 250 g/mol. The molecule has 0 fully saturated rings. The Hall–Kier alpha value is 0.470. The second-order valence-corrected chi connectivity index (χ2v) is 4.45. The van der Waals surface area contributed by atoms with Crippen molar-refractivity contribution in [2.75, 3.05) is 0 Å². The van der Waals surface area contributed by atoms with Crippen LogP contribution in [0, 0.1) is 0 Å². The third-order valence-electron chi connectivity index (χ3n) is 1.90. The number of halogens is 1. The molecule has 0 aromatic heterocycles. The van der Waals surface area contributed by atoms with E-state index in [4.69, 9.17) is 0 Å². The van der Waals surface area contributed by atoms with Gasteiger partial charge in [-0.2, -0.15) is 0 Å². The third-order valence-corrected chi connectivity index (χ3v) is 3.33. The lowest BCUT2D eigenvalue weighted by Crippen LogP contribution is -1.93. The molecule has 0 aliphatic heterocycles. The smallest absolute Gasteiger partial charge is 0.0321 e. The zero-order valence-corrected chi connectivity index (χ0v) is 8.73. The summed E-state index contributed by atoms with van der Waals surface area (Å²) in [4.78, 5) is 0. The Labute approximate surface area is 77.2 Å². The minimum absolute atomic E-state index is 0.865. The van der Waals surface area contributed by atoms with E-state index >= 15 is 0 Å². The Balaban J connectivity index is 1.96. The van der Waals surface area contributed by atoms with Gasteiger partial charge in [-0.05, 0) is 12.8 Å². The van der Waals surface area contributed by atoms with E-state index in [0.717, 1.165) is 3.92 Å². The van der Waals surface area contributed by atoms with Gasteiger partial charge in [0.2, 0.25) is 0 Å². The third kappa shape index (κ3) is 3.04. The van der Waals surface area contributed by atoms with Gasteiger partial charge in [0.1, 0.15) is 0 Å². The molecule has 0 spiro atoms.